The van der Waals surface area contributed by atoms with Crippen LogP contribution in [0.2, 0.25) is 0 Å². The second-order valence-corrected chi connectivity index (χ2v) is 3.33. The summed E-state index contributed by atoms with van der Waals surface area (Å²) in [6.07, 6.45) is 0.768. The lowest BCUT2D eigenvalue weighted by Gasteiger charge is -1.97. The molecule has 0 radical (unpaired) electrons. The number of hydrogen-bond donors (Lipinski definition) is 0. The summed E-state index contributed by atoms with van der Waals surface area (Å²) in [5.74, 6) is 0. The zero-order chi connectivity index (χ0) is 9.14. The van der Waals surface area contributed by atoms with E-state index >= 15 is 0 Å². The van der Waals surface area contributed by atoms with Crippen LogP contribution in [-0.4, -0.2) is 20.4 Å². The fraction of sp³-hybridized carbons (Fsp3) is 0.333. The van der Waals surface area contributed by atoms with Crippen LogP contribution in [0.25, 0.3) is 0 Å². The molecule has 1 atom stereocenters. The third-order valence-electron chi connectivity index (χ3n) is 1.16. The first kappa shape index (κ1) is 9.18. The molecule has 6 heteroatoms. The Hall–Kier alpha value is -0.910. The van der Waals surface area contributed by atoms with E-state index in [2.05, 4.69) is 9.97 Å². The van der Waals surface area contributed by atoms with Crippen molar-refractivity contribution in [2.75, 3.05) is 6.26 Å². The second-order valence-electron chi connectivity index (χ2n) is 2.05. The van der Waals surface area contributed by atoms with Crippen LogP contribution in [0.4, 0.5) is 8.78 Å². The fourth-order valence-corrected chi connectivity index (χ4v) is 0.990. The van der Waals surface area contributed by atoms with E-state index < -0.39 is 17.2 Å². The topological polar surface area (TPSA) is 42.9 Å². The highest BCUT2D eigenvalue weighted by molar-refractivity contribution is 7.84. The molecule has 0 aliphatic heterocycles. The van der Waals surface area contributed by atoms with Crippen molar-refractivity contribution in [3.05, 3.63) is 18.0 Å². The number of alkyl halides is 2. The van der Waals surface area contributed by atoms with Crippen molar-refractivity contribution < 1.29 is 13.0 Å². The molecule has 0 fully saturated rings. The summed E-state index contributed by atoms with van der Waals surface area (Å²) in [5.41, 5.74) is -0.260. The van der Waals surface area contributed by atoms with Crippen molar-refractivity contribution in [1.82, 2.24) is 9.97 Å². The molecule has 0 aliphatic rings. The van der Waals surface area contributed by atoms with E-state index in [1.165, 1.54) is 6.26 Å². The standard InChI is InChI=1S/C6H6F2N2OS/c1-12(11)6-9-2-4(3-10-6)5(7)8/h2-3,5H,1H3/t12-/m1/s1. The Balaban J connectivity index is 2.93. The molecule has 1 heterocycles. The smallest absolute Gasteiger partial charge is 0.251 e. The van der Waals surface area contributed by atoms with Crippen LogP contribution in [0.1, 0.15) is 12.0 Å². The lowest BCUT2D eigenvalue weighted by atomic mass is 10.4. The SMILES string of the molecule is C[S@@](=O)c1ncc(C(F)F)cn1. The van der Waals surface area contributed by atoms with Gasteiger partial charge in [0.2, 0.25) is 5.16 Å². The first-order chi connectivity index (χ1) is 5.61. The van der Waals surface area contributed by atoms with Gasteiger partial charge in [0.05, 0.1) is 16.4 Å². The molecule has 0 spiro atoms. The molecular formula is C6H6F2N2OS. The lowest BCUT2D eigenvalue weighted by Crippen LogP contribution is -1.97. The van der Waals surface area contributed by atoms with E-state index in [1.807, 2.05) is 0 Å². The Morgan fingerprint density at radius 2 is 1.92 bits per heavy atom. The molecular weight excluding hydrogens is 186 g/mol. The molecule has 0 bridgehead atoms. The van der Waals surface area contributed by atoms with Crippen molar-refractivity contribution in [1.29, 1.82) is 0 Å². The zero-order valence-electron chi connectivity index (χ0n) is 6.20. The number of hydrogen-bond acceptors (Lipinski definition) is 3. The number of aromatic nitrogens is 2. The van der Waals surface area contributed by atoms with Crippen LogP contribution in [-0.2, 0) is 10.8 Å². The molecule has 12 heavy (non-hydrogen) atoms. The molecule has 66 valence electrons. The van der Waals surface area contributed by atoms with E-state index in [0.717, 1.165) is 12.4 Å². The van der Waals surface area contributed by atoms with Crippen molar-refractivity contribution >= 4 is 10.8 Å². The van der Waals surface area contributed by atoms with Gasteiger partial charge in [0.1, 0.15) is 0 Å². The van der Waals surface area contributed by atoms with Gasteiger partial charge in [-0.1, -0.05) is 0 Å². The number of halogens is 2. The van der Waals surface area contributed by atoms with Crippen molar-refractivity contribution in [3.63, 3.8) is 0 Å². The quantitative estimate of drug-likeness (QED) is 0.660. The van der Waals surface area contributed by atoms with Crippen molar-refractivity contribution in [2.24, 2.45) is 0 Å². The van der Waals surface area contributed by atoms with Crippen LogP contribution in [0.15, 0.2) is 17.6 Å². The van der Waals surface area contributed by atoms with E-state index in [-0.39, 0.29) is 10.7 Å². The first-order valence-corrected chi connectivity index (χ1v) is 4.60. The van der Waals surface area contributed by atoms with Crippen LogP contribution in [0.3, 0.4) is 0 Å². The third kappa shape index (κ3) is 2.04. The van der Waals surface area contributed by atoms with Crippen molar-refractivity contribution in [3.8, 4) is 0 Å². The van der Waals surface area contributed by atoms with Crippen molar-refractivity contribution in [2.45, 2.75) is 11.6 Å². The Bertz CT molecular complexity index is 288. The minimum absolute atomic E-state index is 0.0689. The molecule has 1 rings (SSSR count). The monoisotopic (exact) mass is 192 g/mol. The molecule has 0 saturated heterocycles. The first-order valence-electron chi connectivity index (χ1n) is 3.05. The van der Waals surface area contributed by atoms with Gasteiger partial charge in [0, 0.05) is 18.6 Å². The van der Waals surface area contributed by atoms with E-state index in [9.17, 15) is 13.0 Å². The Morgan fingerprint density at radius 3 is 2.25 bits per heavy atom. The van der Waals surface area contributed by atoms with Gasteiger partial charge in [-0.05, 0) is 0 Å². The van der Waals surface area contributed by atoms with E-state index in [4.69, 9.17) is 0 Å². The zero-order valence-corrected chi connectivity index (χ0v) is 7.02. The van der Waals surface area contributed by atoms with Crippen LogP contribution in [0.5, 0.6) is 0 Å². The predicted molar refractivity (Wildman–Crippen MR) is 39.3 cm³/mol. The maximum absolute atomic E-state index is 11.9. The van der Waals surface area contributed by atoms with Gasteiger partial charge in [-0.2, -0.15) is 0 Å². The minimum Gasteiger partial charge on any atom is -0.251 e. The predicted octanol–water partition coefficient (Wildman–Crippen LogP) is 1.15. The maximum Gasteiger partial charge on any atom is 0.266 e. The van der Waals surface area contributed by atoms with Gasteiger partial charge < -0.3 is 0 Å². The summed E-state index contributed by atoms with van der Waals surface area (Å²) in [7, 11) is -1.32. The summed E-state index contributed by atoms with van der Waals surface area (Å²) in [6, 6.07) is 0. The molecule has 0 aliphatic carbocycles. The average Bonchev–Trinajstić information content (AvgIpc) is 2.04. The molecule has 0 unspecified atom stereocenters. The molecule has 0 aromatic carbocycles. The van der Waals surface area contributed by atoms with E-state index in [0.29, 0.717) is 0 Å². The largest absolute Gasteiger partial charge is 0.266 e. The molecule has 1 aromatic heterocycles. The van der Waals surface area contributed by atoms with Gasteiger partial charge >= 0.3 is 0 Å². The minimum atomic E-state index is -2.58. The summed E-state index contributed by atoms with van der Waals surface area (Å²) >= 11 is 0. The molecule has 0 amide bonds. The average molecular weight is 192 g/mol. The Morgan fingerprint density at radius 1 is 1.42 bits per heavy atom. The third-order valence-corrected chi connectivity index (χ3v) is 1.88. The summed E-state index contributed by atoms with van der Waals surface area (Å²) in [6.45, 7) is 0. The van der Waals surface area contributed by atoms with E-state index in [1.54, 1.807) is 0 Å². The van der Waals surface area contributed by atoms with Gasteiger partial charge in [0.25, 0.3) is 6.43 Å². The second kappa shape index (κ2) is 3.66. The molecule has 0 N–H and O–H groups in total. The molecule has 1 aromatic rings. The summed E-state index contributed by atoms with van der Waals surface area (Å²) in [4.78, 5) is 7.02. The van der Waals surface area contributed by atoms with Crippen LogP contribution < -0.4 is 0 Å². The number of nitrogens with zero attached hydrogens (tertiary/aromatic N) is 2. The summed E-state index contributed by atoms with van der Waals surface area (Å²) in [5, 5.41) is 0.0689. The van der Waals surface area contributed by atoms with Gasteiger partial charge in [-0.25, -0.2) is 18.7 Å². The summed E-state index contributed by atoms with van der Waals surface area (Å²) < 4.78 is 34.6. The lowest BCUT2D eigenvalue weighted by molar-refractivity contribution is 0.150. The normalized spacial score (nSPS) is 13.3. The number of rotatable bonds is 2. The van der Waals surface area contributed by atoms with Crippen LogP contribution >= 0.6 is 0 Å². The van der Waals surface area contributed by atoms with Gasteiger partial charge in [0.15, 0.2) is 0 Å². The Kier molecular flexibility index (Phi) is 2.80. The molecule has 3 nitrogen and oxygen atoms in total. The molecule has 0 saturated carbocycles. The maximum atomic E-state index is 11.9. The highest BCUT2D eigenvalue weighted by Gasteiger charge is 2.08. The fourth-order valence-electron chi connectivity index (χ4n) is 0.587. The van der Waals surface area contributed by atoms with Crippen LogP contribution in [0, 0.1) is 0 Å². The van der Waals surface area contributed by atoms with Gasteiger partial charge in [-0.3, -0.25) is 4.21 Å². The highest BCUT2D eigenvalue weighted by Crippen LogP contribution is 2.16. The van der Waals surface area contributed by atoms with Gasteiger partial charge in [-0.15, -0.1) is 0 Å². The highest BCUT2D eigenvalue weighted by atomic mass is 32.2. The Labute approximate surface area is 70.3 Å².